The van der Waals surface area contributed by atoms with E-state index in [1.807, 2.05) is 67.6 Å². The molecule has 3 aromatic heterocycles. The summed E-state index contributed by atoms with van der Waals surface area (Å²) in [6.07, 6.45) is 0. The minimum atomic E-state index is -0.288. The van der Waals surface area contributed by atoms with Crippen LogP contribution in [0.3, 0.4) is 0 Å². The normalized spacial score (nSPS) is 11.1. The Labute approximate surface area is 165 Å². The number of pyridine rings is 2. The Morgan fingerprint density at radius 1 is 0.897 bits per heavy atom. The van der Waals surface area contributed by atoms with Crippen LogP contribution in [0.2, 0.25) is 0 Å². The van der Waals surface area contributed by atoms with E-state index in [0.717, 1.165) is 27.5 Å². The third kappa shape index (κ3) is 3.19. The summed E-state index contributed by atoms with van der Waals surface area (Å²) in [5.41, 5.74) is 3.59. The van der Waals surface area contributed by atoms with Crippen LogP contribution in [0.25, 0.3) is 33.3 Å². The smallest absolute Gasteiger partial charge is 0.258 e. The quantitative estimate of drug-likeness (QED) is 0.491. The molecule has 3 heterocycles. The Bertz CT molecular complexity index is 1370. The number of aryl methyl sites for hydroxylation is 1. The van der Waals surface area contributed by atoms with Gasteiger partial charge in [0, 0.05) is 16.5 Å². The van der Waals surface area contributed by atoms with Gasteiger partial charge in [0.25, 0.3) is 5.91 Å². The van der Waals surface area contributed by atoms with Crippen molar-refractivity contribution in [3.05, 3.63) is 78.0 Å². The highest BCUT2D eigenvalue weighted by molar-refractivity contribution is 6.11. The lowest BCUT2D eigenvalue weighted by molar-refractivity contribution is 0.102. The lowest BCUT2D eigenvalue weighted by atomic mass is 10.1. The number of carbonyl (C=O) groups excluding carboxylic acids is 1. The highest BCUT2D eigenvalue weighted by Crippen LogP contribution is 2.21. The summed E-state index contributed by atoms with van der Waals surface area (Å²) in [5.74, 6) is 0.393. The van der Waals surface area contributed by atoms with E-state index in [4.69, 9.17) is 0 Å². The van der Waals surface area contributed by atoms with Crippen LogP contribution in [0.15, 0.2) is 66.7 Å². The molecular formula is C22H16N6O. The second-order valence-electron chi connectivity index (χ2n) is 6.68. The lowest BCUT2D eigenvalue weighted by Crippen LogP contribution is -2.14. The van der Waals surface area contributed by atoms with Gasteiger partial charge in [0.05, 0.1) is 16.6 Å². The summed E-state index contributed by atoms with van der Waals surface area (Å²) in [4.78, 5) is 26.3. The average molecular weight is 380 g/mol. The third-order valence-corrected chi connectivity index (χ3v) is 4.64. The van der Waals surface area contributed by atoms with Gasteiger partial charge in [-0.3, -0.25) is 20.2 Å². The first-order chi connectivity index (χ1) is 14.2. The predicted octanol–water partition coefficient (Wildman–Crippen LogP) is 4.13. The molecule has 140 valence electrons. The van der Waals surface area contributed by atoms with Crippen molar-refractivity contribution in [2.45, 2.75) is 6.92 Å². The Hall–Kier alpha value is -4.13. The fourth-order valence-electron chi connectivity index (χ4n) is 3.29. The number of nitrogens with one attached hydrogen (secondary N) is 2. The van der Waals surface area contributed by atoms with Gasteiger partial charge in [0.15, 0.2) is 5.82 Å². The molecule has 1 amide bonds. The number of amides is 1. The van der Waals surface area contributed by atoms with Gasteiger partial charge in [-0.2, -0.15) is 4.98 Å². The predicted molar refractivity (Wildman–Crippen MR) is 112 cm³/mol. The summed E-state index contributed by atoms with van der Waals surface area (Å²) in [5, 5.41) is 11.5. The molecule has 0 aliphatic rings. The number of para-hydroxylation sites is 2. The molecule has 0 saturated carbocycles. The average Bonchev–Trinajstić information content (AvgIpc) is 3.21. The fourth-order valence-corrected chi connectivity index (χ4v) is 3.29. The van der Waals surface area contributed by atoms with Gasteiger partial charge in [0.2, 0.25) is 5.95 Å². The van der Waals surface area contributed by atoms with Crippen LogP contribution in [0.5, 0.6) is 0 Å². The first-order valence-electron chi connectivity index (χ1n) is 9.14. The van der Waals surface area contributed by atoms with Gasteiger partial charge in [0.1, 0.15) is 5.69 Å². The van der Waals surface area contributed by atoms with Crippen molar-refractivity contribution >= 4 is 33.7 Å². The molecule has 0 atom stereocenters. The van der Waals surface area contributed by atoms with Crippen molar-refractivity contribution in [2.75, 3.05) is 5.32 Å². The number of rotatable bonds is 3. The van der Waals surface area contributed by atoms with E-state index in [0.29, 0.717) is 17.1 Å². The van der Waals surface area contributed by atoms with Crippen molar-refractivity contribution in [1.29, 1.82) is 0 Å². The maximum Gasteiger partial charge on any atom is 0.258 e. The van der Waals surface area contributed by atoms with Gasteiger partial charge in [-0.25, -0.2) is 4.98 Å². The van der Waals surface area contributed by atoms with Crippen LogP contribution in [0.4, 0.5) is 5.95 Å². The van der Waals surface area contributed by atoms with Crippen LogP contribution in [-0.4, -0.2) is 31.1 Å². The third-order valence-electron chi connectivity index (χ3n) is 4.64. The van der Waals surface area contributed by atoms with E-state index >= 15 is 0 Å². The van der Waals surface area contributed by atoms with Gasteiger partial charge in [-0.15, -0.1) is 5.10 Å². The molecule has 0 fully saturated rings. The van der Waals surface area contributed by atoms with E-state index in [1.165, 1.54) is 0 Å². The van der Waals surface area contributed by atoms with E-state index in [2.05, 4.69) is 30.5 Å². The fraction of sp³-hybridized carbons (Fsp3) is 0.0455. The molecule has 0 aliphatic carbocycles. The number of H-pyrrole nitrogens is 1. The molecule has 0 unspecified atom stereocenters. The zero-order valence-corrected chi connectivity index (χ0v) is 15.5. The van der Waals surface area contributed by atoms with Gasteiger partial charge >= 0.3 is 0 Å². The zero-order chi connectivity index (χ0) is 19.8. The SMILES string of the molecule is Cc1cc(C(=O)Nc2n[nH]c(-c3ccc4ccccc4n3)n2)c2ccccc2n1. The highest BCUT2D eigenvalue weighted by atomic mass is 16.1. The summed E-state index contributed by atoms with van der Waals surface area (Å²) < 4.78 is 0. The molecule has 7 nitrogen and oxygen atoms in total. The lowest BCUT2D eigenvalue weighted by Gasteiger charge is -2.07. The van der Waals surface area contributed by atoms with E-state index < -0.39 is 0 Å². The Kier molecular flexibility index (Phi) is 3.98. The number of aromatic amines is 1. The number of benzene rings is 2. The van der Waals surface area contributed by atoms with Crippen LogP contribution >= 0.6 is 0 Å². The second kappa shape index (κ2) is 6.79. The van der Waals surface area contributed by atoms with Crippen LogP contribution in [0.1, 0.15) is 16.1 Å². The van der Waals surface area contributed by atoms with Crippen molar-refractivity contribution in [3.8, 4) is 11.5 Å². The summed E-state index contributed by atoms with van der Waals surface area (Å²) in [6, 6.07) is 21.0. The molecule has 0 bridgehead atoms. The van der Waals surface area contributed by atoms with E-state index in [-0.39, 0.29) is 11.9 Å². The first kappa shape index (κ1) is 17.0. The molecule has 0 spiro atoms. The number of carbonyl (C=O) groups is 1. The number of aromatic nitrogens is 5. The molecule has 2 N–H and O–H groups in total. The number of nitrogens with zero attached hydrogens (tertiary/aromatic N) is 4. The summed E-state index contributed by atoms with van der Waals surface area (Å²) in [6.45, 7) is 1.86. The highest BCUT2D eigenvalue weighted by Gasteiger charge is 2.15. The molecule has 29 heavy (non-hydrogen) atoms. The standard InChI is InChI=1S/C22H16N6O/c1-13-12-16(15-7-3-5-9-18(15)23-13)21(29)26-22-25-20(27-28-22)19-11-10-14-6-2-4-8-17(14)24-19/h2-12H,1H3,(H2,25,26,27,28,29). The van der Waals surface area contributed by atoms with Gasteiger partial charge in [-0.1, -0.05) is 42.5 Å². The van der Waals surface area contributed by atoms with Crippen molar-refractivity contribution in [2.24, 2.45) is 0 Å². The Morgan fingerprint density at radius 3 is 2.59 bits per heavy atom. The first-order valence-corrected chi connectivity index (χ1v) is 9.14. The molecule has 0 radical (unpaired) electrons. The van der Waals surface area contributed by atoms with Gasteiger partial charge in [-0.05, 0) is 31.2 Å². The zero-order valence-electron chi connectivity index (χ0n) is 15.5. The molecule has 0 aliphatic heterocycles. The summed E-state index contributed by atoms with van der Waals surface area (Å²) >= 11 is 0. The second-order valence-corrected chi connectivity index (χ2v) is 6.68. The number of hydrogen-bond acceptors (Lipinski definition) is 5. The monoisotopic (exact) mass is 380 g/mol. The van der Waals surface area contributed by atoms with Crippen LogP contribution in [-0.2, 0) is 0 Å². The van der Waals surface area contributed by atoms with Gasteiger partial charge < -0.3 is 0 Å². The summed E-state index contributed by atoms with van der Waals surface area (Å²) in [7, 11) is 0. The number of hydrogen-bond donors (Lipinski definition) is 2. The molecule has 5 rings (SSSR count). The number of anilines is 1. The maximum absolute atomic E-state index is 12.9. The molecule has 2 aromatic carbocycles. The van der Waals surface area contributed by atoms with Crippen molar-refractivity contribution in [3.63, 3.8) is 0 Å². The van der Waals surface area contributed by atoms with Crippen LogP contribution < -0.4 is 5.32 Å². The topological polar surface area (TPSA) is 96.5 Å². The van der Waals surface area contributed by atoms with E-state index in [1.54, 1.807) is 6.07 Å². The Morgan fingerprint density at radius 2 is 1.69 bits per heavy atom. The Balaban J connectivity index is 1.45. The minimum Gasteiger partial charge on any atom is -0.289 e. The van der Waals surface area contributed by atoms with E-state index in [9.17, 15) is 4.79 Å². The molecule has 0 saturated heterocycles. The van der Waals surface area contributed by atoms with Crippen molar-refractivity contribution in [1.82, 2.24) is 25.1 Å². The van der Waals surface area contributed by atoms with Crippen molar-refractivity contribution < 1.29 is 4.79 Å². The maximum atomic E-state index is 12.9. The van der Waals surface area contributed by atoms with Crippen LogP contribution in [0, 0.1) is 6.92 Å². The molecule has 7 heteroatoms. The minimum absolute atomic E-state index is 0.193. The molecule has 5 aromatic rings. The molecular weight excluding hydrogens is 364 g/mol. The number of fused-ring (bicyclic) bond motifs is 2. The largest absolute Gasteiger partial charge is 0.289 e.